The lowest BCUT2D eigenvalue weighted by molar-refractivity contribution is -0.138. The highest BCUT2D eigenvalue weighted by molar-refractivity contribution is 5.87. The lowest BCUT2D eigenvalue weighted by Gasteiger charge is -2.28. The summed E-state index contributed by atoms with van der Waals surface area (Å²) in [6.07, 6.45) is 1.42. The van der Waals surface area contributed by atoms with Gasteiger partial charge in [-0.1, -0.05) is 48.1 Å². The third-order valence-electron chi connectivity index (χ3n) is 7.70. The van der Waals surface area contributed by atoms with E-state index in [1.807, 2.05) is 27.7 Å². The van der Waals surface area contributed by atoms with E-state index in [-0.39, 0.29) is 48.4 Å². The van der Waals surface area contributed by atoms with Crippen molar-refractivity contribution in [1.29, 1.82) is 0 Å². The van der Waals surface area contributed by atoms with Crippen LogP contribution in [0.15, 0.2) is 23.5 Å². The Labute approximate surface area is 306 Å². The van der Waals surface area contributed by atoms with Crippen LogP contribution in [0, 0.1) is 29.6 Å². The summed E-state index contributed by atoms with van der Waals surface area (Å²) in [5.74, 6) is -0.152. The van der Waals surface area contributed by atoms with Crippen molar-refractivity contribution in [3.05, 3.63) is 34.8 Å². The Morgan fingerprint density at radius 1 is 0.865 bits per heavy atom. The molecule has 6 N–H and O–H groups in total. The molecule has 17 heteroatoms. The van der Waals surface area contributed by atoms with Crippen LogP contribution < -0.4 is 32.1 Å². The predicted molar refractivity (Wildman–Crippen MR) is 195 cm³/mol. The number of nitrogens with one attached hydrogen (secondary N) is 6. The lowest BCUT2D eigenvalue weighted by Crippen LogP contribution is -2.36. The second-order valence-electron chi connectivity index (χ2n) is 14.6. The number of H-pyrrole nitrogens is 1. The van der Waals surface area contributed by atoms with Crippen molar-refractivity contribution < 1.29 is 42.9 Å². The fourth-order valence-corrected chi connectivity index (χ4v) is 5.42. The van der Waals surface area contributed by atoms with E-state index in [2.05, 4.69) is 57.0 Å². The fourth-order valence-electron chi connectivity index (χ4n) is 5.42. The molecule has 3 atom stereocenters. The van der Waals surface area contributed by atoms with Crippen LogP contribution in [-0.2, 0) is 23.7 Å². The minimum Gasteiger partial charge on any atom is -0.459 e. The standard InChI is InChI=1S/C35H59N7O10/c1-10-28(44)49-15-16-50-32(47)39-22-35(8,9)18-23(2)11-13-36-33(48)52-26(5)21-51-31(46)37-14-12-34(6,7)19-24(3)20-38-30(45)42-29-40-25(4)17-27(43)41-29/h10,17,23-24,26H,1,11-16,18-22H2,2-9H3,(H,36,48)(H,37,46)(H,39,47)(H3,38,40,41,42,43,45). The summed E-state index contributed by atoms with van der Waals surface area (Å²) in [5, 5.41) is 13.4. The van der Waals surface area contributed by atoms with Crippen LogP contribution in [0.1, 0.15) is 79.8 Å². The van der Waals surface area contributed by atoms with Crippen LogP contribution in [0.25, 0.3) is 0 Å². The molecule has 17 nitrogen and oxygen atoms in total. The van der Waals surface area contributed by atoms with Gasteiger partial charge in [0.05, 0.1) is 0 Å². The van der Waals surface area contributed by atoms with Gasteiger partial charge in [0, 0.05) is 44.0 Å². The average Bonchev–Trinajstić information content (AvgIpc) is 3.02. The summed E-state index contributed by atoms with van der Waals surface area (Å²) in [6, 6.07) is 0.859. The van der Waals surface area contributed by atoms with Crippen molar-refractivity contribution in [1.82, 2.24) is 31.2 Å². The summed E-state index contributed by atoms with van der Waals surface area (Å²) < 4.78 is 20.2. The summed E-state index contributed by atoms with van der Waals surface area (Å²) >= 11 is 0. The molecular weight excluding hydrogens is 678 g/mol. The number of anilines is 1. The number of rotatable bonds is 22. The quantitative estimate of drug-likeness (QED) is 0.0423. The van der Waals surface area contributed by atoms with Gasteiger partial charge >= 0.3 is 30.3 Å². The summed E-state index contributed by atoms with van der Waals surface area (Å²) in [5.41, 5.74) is -0.244. The first-order valence-electron chi connectivity index (χ1n) is 17.5. The maximum Gasteiger partial charge on any atom is 0.407 e. The highest BCUT2D eigenvalue weighted by atomic mass is 16.6. The monoisotopic (exact) mass is 737 g/mol. The molecule has 0 bridgehead atoms. The number of carbonyl (C=O) groups excluding carboxylic acids is 5. The van der Waals surface area contributed by atoms with E-state index >= 15 is 0 Å². The molecule has 1 aromatic rings. The molecule has 0 fully saturated rings. The molecule has 3 unspecified atom stereocenters. The van der Waals surface area contributed by atoms with Gasteiger partial charge in [-0.05, 0) is 62.2 Å². The van der Waals surface area contributed by atoms with E-state index in [0.717, 1.165) is 18.9 Å². The maximum atomic E-state index is 12.2. The Kier molecular flexibility index (Phi) is 19.9. The van der Waals surface area contributed by atoms with E-state index in [4.69, 9.17) is 18.9 Å². The number of aryl methyl sites for hydroxylation is 1. The molecule has 0 aromatic carbocycles. The van der Waals surface area contributed by atoms with Gasteiger partial charge in [-0.15, -0.1) is 0 Å². The van der Waals surface area contributed by atoms with Gasteiger partial charge in [-0.3, -0.25) is 10.1 Å². The number of urea groups is 1. The van der Waals surface area contributed by atoms with Gasteiger partial charge in [0.2, 0.25) is 5.95 Å². The number of aromatic nitrogens is 2. The highest BCUT2D eigenvalue weighted by Crippen LogP contribution is 2.29. The third kappa shape index (κ3) is 22.1. The molecule has 5 amide bonds. The normalized spacial score (nSPS) is 13.0. The van der Waals surface area contributed by atoms with E-state index in [1.54, 1.807) is 13.8 Å². The van der Waals surface area contributed by atoms with Crippen LogP contribution >= 0.6 is 0 Å². The summed E-state index contributed by atoms with van der Waals surface area (Å²) in [7, 11) is 0. The first kappa shape index (κ1) is 45.2. The maximum absolute atomic E-state index is 12.2. The first-order chi connectivity index (χ1) is 24.3. The zero-order valence-electron chi connectivity index (χ0n) is 31.9. The molecule has 294 valence electrons. The van der Waals surface area contributed by atoms with Gasteiger partial charge < -0.3 is 45.2 Å². The third-order valence-corrected chi connectivity index (χ3v) is 7.70. The van der Waals surface area contributed by atoms with Crippen molar-refractivity contribution in [3.63, 3.8) is 0 Å². The molecule has 0 saturated heterocycles. The number of ether oxygens (including phenoxy) is 4. The Bertz CT molecular complexity index is 1380. The second-order valence-corrected chi connectivity index (χ2v) is 14.6. The fraction of sp³-hybridized carbons (Fsp3) is 0.686. The molecule has 52 heavy (non-hydrogen) atoms. The zero-order valence-corrected chi connectivity index (χ0v) is 31.9. The lowest BCUT2D eigenvalue weighted by atomic mass is 9.80. The van der Waals surface area contributed by atoms with Crippen LogP contribution in [-0.4, -0.2) is 92.4 Å². The number of alkyl carbamates (subject to hydrolysis) is 3. The van der Waals surface area contributed by atoms with Gasteiger partial charge in [-0.2, -0.15) is 4.98 Å². The molecule has 0 aliphatic carbocycles. The van der Waals surface area contributed by atoms with Crippen molar-refractivity contribution in [2.45, 2.75) is 87.2 Å². The number of hydrogen-bond donors (Lipinski definition) is 6. The average molecular weight is 738 g/mol. The molecule has 1 heterocycles. The van der Waals surface area contributed by atoms with E-state index in [0.29, 0.717) is 44.7 Å². The molecule has 1 aromatic heterocycles. The predicted octanol–water partition coefficient (Wildman–Crippen LogP) is 4.38. The van der Waals surface area contributed by atoms with Gasteiger partial charge in [-0.25, -0.2) is 24.0 Å². The summed E-state index contributed by atoms with van der Waals surface area (Å²) in [4.78, 5) is 77.6. The Morgan fingerprint density at radius 3 is 2.17 bits per heavy atom. The van der Waals surface area contributed by atoms with Crippen molar-refractivity contribution in [2.24, 2.45) is 22.7 Å². The number of aromatic amines is 1. The molecular formula is C35H59N7O10. The van der Waals surface area contributed by atoms with Crippen LogP contribution in [0.3, 0.4) is 0 Å². The highest BCUT2D eigenvalue weighted by Gasteiger charge is 2.24. The Morgan fingerprint density at radius 2 is 1.50 bits per heavy atom. The van der Waals surface area contributed by atoms with Crippen molar-refractivity contribution in [3.8, 4) is 0 Å². The zero-order chi connectivity index (χ0) is 39.3. The number of carbonyl (C=O) groups is 5. The number of amides is 5. The van der Waals surface area contributed by atoms with Gasteiger partial charge in [0.25, 0.3) is 5.56 Å². The van der Waals surface area contributed by atoms with Gasteiger partial charge in [0.1, 0.15) is 25.9 Å². The van der Waals surface area contributed by atoms with Crippen LogP contribution in [0.5, 0.6) is 0 Å². The SMILES string of the molecule is C=CC(=O)OCCOC(=O)NCC(C)(C)CC(C)CCNC(=O)OC(C)COC(=O)NCCC(C)(C)CC(C)CNC(=O)Nc1nc(=O)cc(C)[nH]1. The second kappa shape index (κ2) is 22.9. The number of hydrogen-bond acceptors (Lipinski definition) is 11. The number of nitrogens with zero attached hydrogens (tertiary/aromatic N) is 1. The topological polar surface area (TPSA) is 228 Å². The summed E-state index contributed by atoms with van der Waals surface area (Å²) in [6.45, 7) is 20.1. The van der Waals surface area contributed by atoms with E-state index in [1.165, 1.54) is 6.07 Å². The smallest absolute Gasteiger partial charge is 0.407 e. The number of esters is 1. The molecule has 0 aliphatic heterocycles. The van der Waals surface area contributed by atoms with E-state index < -0.39 is 41.9 Å². The van der Waals surface area contributed by atoms with Crippen molar-refractivity contribution >= 4 is 36.2 Å². The first-order valence-corrected chi connectivity index (χ1v) is 17.5. The largest absolute Gasteiger partial charge is 0.459 e. The molecule has 1 rings (SSSR count). The Balaban J connectivity index is 2.21. The van der Waals surface area contributed by atoms with Gasteiger partial charge in [0.15, 0.2) is 0 Å². The molecule has 0 radical (unpaired) electrons. The van der Waals surface area contributed by atoms with Crippen LogP contribution in [0.4, 0.5) is 25.1 Å². The molecule has 0 aliphatic rings. The molecule has 0 saturated carbocycles. The molecule has 0 spiro atoms. The minimum atomic E-state index is -0.661. The van der Waals surface area contributed by atoms with E-state index in [9.17, 15) is 28.8 Å². The van der Waals surface area contributed by atoms with Crippen LogP contribution in [0.2, 0.25) is 0 Å². The minimum absolute atomic E-state index is 0.0540. The Hall–Kier alpha value is -4.83. The van der Waals surface area contributed by atoms with Crippen molar-refractivity contribution in [2.75, 3.05) is 51.3 Å².